The van der Waals surface area contributed by atoms with Gasteiger partial charge in [-0.3, -0.25) is 4.79 Å². The molecule has 4 nitrogen and oxygen atoms in total. The fourth-order valence-corrected chi connectivity index (χ4v) is 1.19. The van der Waals surface area contributed by atoms with Crippen LogP contribution in [0.4, 0.5) is 0 Å². The van der Waals surface area contributed by atoms with Gasteiger partial charge in [-0.05, 0) is 17.7 Å². The van der Waals surface area contributed by atoms with E-state index in [1.165, 1.54) is 12.3 Å². The lowest BCUT2D eigenvalue weighted by molar-refractivity contribution is 0.112. The molecule has 0 saturated heterocycles. The maximum absolute atomic E-state index is 10.1. The summed E-state index contributed by atoms with van der Waals surface area (Å²) in [6.07, 6.45) is 2.01. The summed E-state index contributed by atoms with van der Waals surface area (Å²) < 4.78 is 0. The Kier molecular flexibility index (Phi) is 5.69. The third kappa shape index (κ3) is 4.49. The largest absolute Gasteiger partial charge is 0.507 e. The number of para-hydroxylation sites is 1. The number of nitrogens with zero attached hydrogens (tertiary/aromatic N) is 1. The zero-order valence-electron chi connectivity index (χ0n) is 9.60. The summed E-state index contributed by atoms with van der Waals surface area (Å²) in [6.45, 7) is 0. The van der Waals surface area contributed by atoms with Gasteiger partial charge in [0, 0.05) is 0 Å². The number of carbonyl (C=O) groups is 1. The van der Waals surface area contributed by atoms with Gasteiger partial charge in [0.25, 0.3) is 0 Å². The van der Waals surface area contributed by atoms with E-state index in [4.69, 9.17) is 10.3 Å². The van der Waals surface area contributed by atoms with Crippen LogP contribution in [0.2, 0.25) is 0 Å². The predicted molar refractivity (Wildman–Crippen MR) is 69.3 cm³/mol. The molecule has 2 aromatic carbocycles. The highest BCUT2D eigenvalue weighted by Gasteiger charge is 1.93. The molecular weight excluding hydrogens is 230 g/mol. The fourth-order valence-electron chi connectivity index (χ4n) is 1.19. The average molecular weight is 243 g/mol. The molecule has 0 unspecified atom stereocenters. The second kappa shape index (κ2) is 7.62. The Bertz CT molecular complexity index is 509. The van der Waals surface area contributed by atoms with E-state index >= 15 is 0 Å². The zero-order chi connectivity index (χ0) is 13.2. The van der Waals surface area contributed by atoms with Crippen LogP contribution in [0.25, 0.3) is 0 Å². The monoisotopic (exact) mass is 243 g/mol. The van der Waals surface area contributed by atoms with E-state index in [9.17, 15) is 4.79 Å². The van der Waals surface area contributed by atoms with Crippen LogP contribution >= 0.6 is 0 Å². The number of aldehydes is 1. The summed E-state index contributed by atoms with van der Waals surface area (Å²) in [5.41, 5.74) is 1.23. The fraction of sp³-hybridized carbons (Fsp3) is 0. The van der Waals surface area contributed by atoms with E-state index in [1.54, 1.807) is 18.2 Å². The van der Waals surface area contributed by atoms with Crippen LogP contribution in [0.1, 0.15) is 15.9 Å². The van der Waals surface area contributed by atoms with E-state index in [0.717, 1.165) is 5.56 Å². The highest BCUT2D eigenvalue weighted by Crippen LogP contribution is 2.11. The standard InChI is InChI=1S/C7H7NO.C7H6O2/c9-8-6-7-4-2-1-3-5-7;8-5-6-3-1-2-4-7(6)9/h1-6,9H;1-5,9H. The lowest BCUT2D eigenvalue weighted by Crippen LogP contribution is -1.77. The first kappa shape index (κ1) is 13.4. The van der Waals surface area contributed by atoms with E-state index < -0.39 is 0 Å². The molecule has 0 bridgehead atoms. The summed E-state index contributed by atoms with van der Waals surface area (Å²) in [4.78, 5) is 10.1. The number of phenols is 1. The van der Waals surface area contributed by atoms with Gasteiger partial charge in [0.2, 0.25) is 0 Å². The van der Waals surface area contributed by atoms with E-state index in [0.29, 0.717) is 11.8 Å². The van der Waals surface area contributed by atoms with Crippen LogP contribution in [-0.2, 0) is 0 Å². The Labute approximate surface area is 105 Å². The van der Waals surface area contributed by atoms with Crippen molar-refractivity contribution in [3.05, 3.63) is 65.7 Å². The third-order valence-corrected chi connectivity index (χ3v) is 2.07. The van der Waals surface area contributed by atoms with Crippen LogP contribution < -0.4 is 0 Å². The van der Waals surface area contributed by atoms with Gasteiger partial charge >= 0.3 is 0 Å². The second-order valence-electron chi connectivity index (χ2n) is 3.33. The number of rotatable bonds is 2. The molecule has 0 fully saturated rings. The number of oxime groups is 1. The number of hydrogen-bond acceptors (Lipinski definition) is 4. The van der Waals surface area contributed by atoms with Gasteiger partial charge < -0.3 is 10.3 Å². The maximum Gasteiger partial charge on any atom is 0.153 e. The van der Waals surface area contributed by atoms with Crippen LogP contribution in [0.3, 0.4) is 0 Å². The Morgan fingerprint density at radius 2 is 1.56 bits per heavy atom. The minimum absolute atomic E-state index is 0.0347. The minimum atomic E-state index is 0.0347. The average Bonchev–Trinajstić information content (AvgIpc) is 2.42. The summed E-state index contributed by atoms with van der Waals surface area (Å²) in [5, 5.41) is 19.8. The van der Waals surface area contributed by atoms with Crippen molar-refractivity contribution in [2.24, 2.45) is 5.16 Å². The van der Waals surface area contributed by atoms with E-state index in [-0.39, 0.29) is 5.75 Å². The molecule has 0 radical (unpaired) electrons. The molecule has 0 amide bonds. The molecule has 0 aliphatic heterocycles. The lowest BCUT2D eigenvalue weighted by Gasteiger charge is -1.91. The third-order valence-electron chi connectivity index (χ3n) is 2.07. The van der Waals surface area contributed by atoms with Crippen molar-refractivity contribution in [3.8, 4) is 5.75 Å². The van der Waals surface area contributed by atoms with Gasteiger partial charge in [0.05, 0.1) is 11.8 Å². The lowest BCUT2D eigenvalue weighted by atomic mass is 10.2. The Balaban J connectivity index is 0.000000180. The molecule has 0 heterocycles. The van der Waals surface area contributed by atoms with Gasteiger partial charge in [-0.15, -0.1) is 0 Å². The molecule has 92 valence electrons. The SMILES string of the molecule is O=Cc1ccccc1O.ON=Cc1ccccc1. The van der Waals surface area contributed by atoms with Gasteiger partial charge in [-0.2, -0.15) is 0 Å². The molecule has 0 atom stereocenters. The van der Waals surface area contributed by atoms with Crippen LogP contribution in [-0.4, -0.2) is 22.8 Å². The van der Waals surface area contributed by atoms with Crippen molar-refractivity contribution in [3.63, 3.8) is 0 Å². The molecule has 2 aromatic rings. The molecule has 18 heavy (non-hydrogen) atoms. The Morgan fingerprint density at radius 3 is 2.06 bits per heavy atom. The normalized spacial score (nSPS) is 9.56. The van der Waals surface area contributed by atoms with Crippen molar-refractivity contribution in [2.75, 3.05) is 0 Å². The topological polar surface area (TPSA) is 69.9 Å². The van der Waals surface area contributed by atoms with Gasteiger partial charge in [0.1, 0.15) is 5.75 Å². The molecule has 2 N–H and O–H groups in total. The molecule has 0 aliphatic rings. The smallest absolute Gasteiger partial charge is 0.153 e. The molecular formula is C14H13NO3. The summed E-state index contributed by atoms with van der Waals surface area (Å²) >= 11 is 0. The van der Waals surface area contributed by atoms with Crippen molar-refractivity contribution in [1.82, 2.24) is 0 Å². The first-order valence-corrected chi connectivity index (χ1v) is 5.23. The number of carbonyl (C=O) groups excluding carboxylic acids is 1. The number of benzene rings is 2. The summed E-state index contributed by atoms with van der Waals surface area (Å²) in [5.74, 6) is 0.0347. The molecule has 0 aliphatic carbocycles. The minimum Gasteiger partial charge on any atom is -0.507 e. The molecule has 2 rings (SSSR count). The molecule has 0 spiro atoms. The second-order valence-corrected chi connectivity index (χ2v) is 3.33. The molecule has 0 aromatic heterocycles. The first-order chi connectivity index (χ1) is 8.77. The van der Waals surface area contributed by atoms with Crippen molar-refractivity contribution in [2.45, 2.75) is 0 Å². The molecule has 0 saturated carbocycles. The number of aromatic hydroxyl groups is 1. The predicted octanol–water partition coefficient (Wildman–Crippen LogP) is 2.70. The van der Waals surface area contributed by atoms with Crippen molar-refractivity contribution in [1.29, 1.82) is 0 Å². The first-order valence-electron chi connectivity index (χ1n) is 5.23. The quantitative estimate of drug-likeness (QED) is 0.369. The zero-order valence-corrected chi connectivity index (χ0v) is 9.60. The van der Waals surface area contributed by atoms with Crippen LogP contribution in [0.5, 0.6) is 5.75 Å². The summed E-state index contributed by atoms with van der Waals surface area (Å²) in [6, 6.07) is 15.8. The number of phenolic OH excluding ortho intramolecular Hbond substituents is 1. The van der Waals surface area contributed by atoms with Crippen LogP contribution in [0.15, 0.2) is 59.8 Å². The highest BCUT2D eigenvalue weighted by atomic mass is 16.4. The Morgan fingerprint density at radius 1 is 0.944 bits per heavy atom. The van der Waals surface area contributed by atoms with Gasteiger partial charge in [0.15, 0.2) is 6.29 Å². The van der Waals surface area contributed by atoms with Crippen molar-refractivity contribution >= 4 is 12.5 Å². The highest BCUT2D eigenvalue weighted by molar-refractivity contribution is 5.79. The van der Waals surface area contributed by atoms with Crippen molar-refractivity contribution < 1.29 is 15.1 Å². The Hall–Kier alpha value is -2.62. The molecule has 4 heteroatoms. The maximum atomic E-state index is 10.1. The van der Waals surface area contributed by atoms with E-state index in [1.807, 2.05) is 30.3 Å². The van der Waals surface area contributed by atoms with Crippen LogP contribution in [0, 0.1) is 0 Å². The van der Waals surface area contributed by atoms with Gasteiger partial charge in [-0.25, -0.2) is 0 Å². The van der Waals surface area contributed by atoms with E-state index in [2.05, 4.69) is 5.16 Å². The summed E-state index contributed by atoms with van der Waals surface area (Å²) in [7, 11) is 0. The van der Waals surface area contributed by atoms with Gasteiger partial charge in [-0.1, -0.05) is 47.6 Å². The number of hydrogen-bond donors (Lipinski definition) is 2.